The smallest absolute Gasteiger partial charge is 0.328 e. The average Bonchev–Trinajstić information content (AvgIpc) is 2.41. The largest absolute Gasteiger partial charge is 0.478 e. The molecule has 0 aliphatic heterocycles. The molecular formula is C13H16ClNO5S. The van der Waals surface area contributed by atoms with Crippen molar-refractivity contribution in [1.29, 1.82) is 0 Å². The molecule has 0 atom stereocenters. The number of sulfonamides is 1. The van der Waals surface area contributed by atoms with Crippen LogP contribution in [0.15, 0.2) is 29.2 Å². The molecule has 6 nitrogen and oxygen atoms in total. The molecule has 0 aliphatic carbocycles. The van der Waals surface area contributed by atoms with Gasteiger partial charge in [0.25, 0.3) is 0 Å². The molecule has 0 saturated heterocycles. The number of carboxylic acid groups (broad SMARTS) is 1. The van der Waals surface area contributed by atoms with E-state index in [0.717, 1.165) is 6.08 Å². The maximum absolute atomic E-state index is 12.0. The molecule has 0 amide bonds. The van der Waals surface area contributed by atoms with E-state index in [2.05, 4.69) is 4.72 Å². The van der Waals surface area contributed by atoms with Crippen molar-refractivity contribution in [3.63, 3.8) is 0 Å². The van der Waals surface area contributed by atoms with Crippen molar-refractivity contribution in [3.05, 3.63) is 34.9 Å². The maximum atomic E-state index is 12.0. The van der Waals surface area contributed by atoms with E-state index < -0.39 is 16.0 Å². The van der Waals surface area contributed by atoms with Crippen molar-refractivity contribution in [2.45, 2.75) is 11.8 Å². The van der Waals surface area contributed by atoms with Crippen LogP contribution in [0.1, 0.15) is 12.5 Å². The fourth-order valence-corrected chi connectivity index (χ4v) is 3.04. The lowest BCUT2D eigenvalue weighted by molar-refractivity contribution is -0.131. The molecule has 116 valence electrons. The molecule has 0 unspecified atom stereocenters. The molecule has 8 heteroatoms. The molecule has 0 aliphatic rings. The summed E-state index contributed by atoms with van der Waals surface area (Å²) < 4.78 is 31.5. The number of hydrogen-bond acceptors (Lipinski definition) is 4. The minimum Gasteiger partial charge on any atom is -0.478 e. The molecule has 0 radical (unpaired) electrons. The first-order valence-electron chi connectivity index (χ1n) is 6.15. The third kappa shape index (κ3) is 5.84. The van der Waals surface area contributed by atoms with Crippen molar-refractivity contribution in [1.82, 2.24) is 4.72 Å². The summed E-state index contributed by atoms with van der Waals surface area (Å²) in [7, 11) is -3.72. The van der Waals surface area contributed by atoms with Gasteiger partial charge in [0.1, 0.15) is 4.90 Å². The molecule has 1 aromatic carbocycles. The van der Waals surface area contributed by atoms with Gasteiger partial charge in [-0.3, -0.25) is 0 Å². The van der Waals surface area contributed by atoms with Crippen molar-refractivity contribution in [2.75, 3.05) is 19.8 Å². The first kappa shape index (κ1) is 17.6. The van der Waals surface area contributed by atoms with Crippen LogP contribution >= 0.6 is 11.6 Å². The quantitative estimate of drug-likeness (QED) is 0.558. The molecule has 0 saturated carbocycles. The SMILES string of the molecule is CCOCCNS(=O)(=O)c1ccc(C=CC(=O)O)cc1Cl. The Kier molecular flexibility index (Phi) is 6.83. The Morgan fingerprint density at radius 2 is 2.19 bits per heavy atom. The zero-order valence-electron chi connectivity index (χ0n) is 11.4. The Balaban J connectivity index is 2.86. The van der Waals surface area contributed by atoms with Crippen LogP contribution in [0.25, 0.3) is 6.08 Å². The van der Waals surface area contributed by atoms with Crippen LogP contribution in [-0.2, 0) is 19.6 Å². The van der Waals surface area contributed by atoms with Gasteiger partial charge in [-0.05, 0) is 30.7 Å². The van der Waals surface area contributed by atoms with Crippen molar-refractivity contribution in [2.24, 2.45) is 0 Å². The molecule has 0 heterocycles. The number of nitrogens with one attached hydrogen (secondary N) is 1. The number of benzene rings is 1. The molecule has 1 aromatic rings. The second-order valence-corrected chi connectivity index (χ2v) is 6.10. The Bertz CT molecular complexity index is 627. The number of carboxylic acids is 1. The van der Waals surface area contributed by atoms with E-state index in [9.17, 15) is 13.2 Å². The topological polar surface area (TPSA) is 92.7 Å². The summed E-state index contributed by atoms with van der Waals surface area (Å²) in [6, 6.07) is 4.19. The van der Waals surface area contributed by atoms with Gasteiger partial charge >= 0.3 is 5.97 Å². The van der Waals surface area contributed by atoms with Gasteiger partial charge in [-0.1, -0.05) is 17.7 Å². The molecule has 21 heavy (non-hydrogen) atoms. The van der Waals surface area contributed by atoms with E-state index >= 15 is 0 Å². The highest BCUT2D eigenvalue weighted by Gasteiger charge is 2.17. The van der Waals surface area contributed by atoms with Gasteiger partial charge in [0.2, 0.25) is 10.0 Å². The van der Waals surface area contributed by atoms with Crippen LogP contribution in [0.4, 0.5) is 0 Å². The molecule has 2 N–H and O–H groups in total. The Labute approximate surface area is 128 Å². The summed E-state index contributed by atoms with van der Waals surface area (Å²) in [6.07, 6.45) is 2.27. The van der Waals surface area contributed by atoms with Gasteiger partial charge in [-0.15, -0.1) is 0 Å². The van der Waals surface area contributed by atoms with Gasteiger partial charge in [0, 0.05) is 19.2 Å². The van der Waals surface area contributed by atoms with E-state index in [-0.39, 0.29) is 23.1 Å². The lowest BCUT2D eigenvalue weighted by atomic mass is 10.2. The highest BCUT2D eigenvalue weighted by Crippen LogP contribution is 2.23. The standard InChI is InChI=1S/C13H16ClNO5S/c1-2-20-8-7-15-21(18,19)12-5-3-10(9-11(12)14)4-6-13(16)17/h3-6,9,15H,2,7-8H2,1H3,(H,16,17). The van der Waals surface area contributed by atoms with Crippen LogP contribution in [0.3, 0.4) is 0 Å². The second-order valence-electron chi connectivity index (χ2n) is 3.96. The van der Waals surface area contributed by atoms with Crippen molar-refractivity contribution >= 4 is 33.7 Å². The summed E-state index contributed by atoms with van der Waals surface area (Å²) >= 11 is 5.94. The predicted molar refractivity (Wildman–Crippen MR) is 79.8 cm³/mol. The summed E-state index contributed by atoms with van der Waals surface area (Å²) in [5.74, 6) is -1.10. The number of carbonyl (C=O) groups is 1. The molecule has 0 fully saturated rings. The van der Waals surface area contributed by atoms with Crippen LogP contribution < -0.4 is 4.72 Å². The zero-order chi connectivity index (χ0) is 15.9. The fourth-order valence-electron chi connectivity index (χ4n) is 1.48. The minimum atomic E-state index is -3.72. The fraction of sp³-hybridized carbons (Fsp3) is 0.308. The van der Waals surface area contributed by atoms with Gasteiger partial charge in [0.05, 0.1) is 11.6 Å². The highest BCUT2D eigenvalue weighted by molar-refractivity contribution is 7.89. The van der Waals surface area contributed by atoms with Crippen LogP contribution in [-0.4, -0.2) is 39.3 Å². The minimum absolute atomic E-state index is 0.0199. The first-order valence-corrected chi connectivity index (χ1v) is 8.01. The van der Waals surface area contributed by atoms with Crippen LogP contribution in [0.5, 0.6) is 0 Å². The highest BCUT2D eigenvalue weighted by atomic mass is 35.5. The Hall–Kier alpha value is -1.41. The van der Waals surface area contributed by atoms with Gasteiger partial charge in [-0.25, -0.2) is 17.9 Å². The monoisotopic (exact) mass is 333 g/mol. The van der Waals surface area contributed by atoms with Crippen molar-refractivity contribution in [3.8, 4) is 0 Å². The lowest BCUT2D eigenvalue weighted by Gasteiger charge is -2.09. The molecule has 0 spiro atoms. The van der Waals surface area contributed by atoms with Crippen LogP contribution in [0, 0.1) is 0 Å². The zero-order valence-corrected chi connectivity index (χ0v) is 12.9. The molecule has 0 bridgehead atoms. The predicted octanol–water partition coefficient (Wildman–Crippen LogP) is 1.75. The summed E-state index contributed by atoms with van der Waals surface area (Å²) in [5, 5.41) is 8.55. The van der Waals surface area contributed by atoms with Crippen LogP contribution in [0.2, 0.25) is 5.02 Å². The molecule has 1 rings (SSSR count). The molecular weight excluding hydrogens is 318 g/mol. The van der Waals surface area contributed by atoms with E-state index in [1.54, 1.807) is 0 Å². The summed E-state index contributed by atoms with van der Waals surface area (Å²) in [5.41, 5.74) is 0.496. The van der Waals surface area contributed by atoms with Gasteiger partial charge in [-0.2, -0.15) is 0 Å². The number of hydrogen-bond donors (Lipinski definition) is 2. The average molecular weight is 334 g/mol. The van der Waals surface area contributed by atoms with E-state index in [1.165, 1.54) is 24.3 Å². The second kappa shape index (κ2) is 8.14. The number of ether oxygens (including phenoxy) is 1. The number of aliphatic carboxylic acids is 1. The lowest BCUT2D eigenvalue weighted by Crippen LogP contribution is -2.27. The van der Waals surface area contributed by atoms with E-state index in [0.29, 0.717) is 12.2 Å². The third-order valence-corrected chi connectivity index (χ3v) is 4.35. The molecule has 0 aromatic heterocycles. The summed E-state index contributed by atoms with van der Waals surface area (Å²) in [4.78, 5) is 10.4. The van der Waals surface area contributed by atoms with E-state index in [4.69, 9.17) is 21.4 Å². The maximum Gasteiger partial charge on any atom is 0.328 e. The first-order chi connectivity index (χ1) is 9.86. The third-order valence-electron chi connectivity index (χ3n) is 2.41. The Morgan fingerprint density at radius 3 is 2.76 bits per heavy atom. The number of rotatable bonds is 8. The van der Waals surface area contributed by atoms with Gasteiger partial charge in [0.15, 0.2) is 0 Å². The Morgan fingerprint density at radius 1 is 1.48 bits per heavy atom. The van der Waals surface area contributed by atoms with E-state index in [1.807, 2.05) is 6.92 Å². The van der Waals surface area contributed by atoms with Crippen molar-refractivity contribution < 1.29 is 23.1 Å². The summed E-state index contributed by atoms with van der Waals surface area (Å²) in [6.45, 7) is 2.74. The number of halogens is 1. The normalized spacial score (nSPS) is 11.9. The van der Waals surface area contributed by atoms with Gasteiger partial charge < -0.3 is 9.84 Å².